The van der Waals surface area contributed by atoms with Crippen LogP contribution in [0.25, 0.3) is 0 Å². The third-order valence-corrected chi connectivity index (χ3v) is 3.79. The SMILES string of the molecule is O=C(CCc1cccc(F)c1)Nc1ccnn1Cc1ccccc1F. The van der Waals surface area contributed by atoms with Gasteiger partial charge >= 0.3 is 0 Å². The van der Waals surface area contributed by atoms with Crippen LogP contribution < -0.4 is 5.32 Å². The second kappa shape index (κ2) is 7.70. The summed E-state index contributed by atoms with van der Waals surface area (Å²) in [5.41, 5.74) is 1.25. The minimum absolute atomic E-state index is 0.209. The summed E-state index contributed by atoms with van der Waals surface area (Å²) in [4.78, 5) is 12.1. The number of benzene rings is 2. The zero-order valence-electron chi connectivity index (χ0n) is 13.5. The van der Waals surface area contributed by atoms with E-state index in [4.69, 9.17) is 0 Å². The van der Waals surface area contributed by atoms with Crippen molar-refractivity contribution in [2.75, 3.05) is 5.32 Å². The molecular weight excluding hydrogens is 324 g/mol. The molecule has 6 heteroatoms. The first kappa shape index (κ1) is 16.8. The highest BCUT2D eigenvalue weighted by atomic mass is 19.1. The lowest BCUT2D eigenvalue weighted by molar-refractivity contribution is -0.116. The van der Waals surface area contributed by atoms with E-state index in [1.165, 1.54) is 22.9 Å². The van der Waals surface area contributed by atoms with Gasteiger partial charge in [0.15, 0.2) is 0 Å². The third-order valence-electron chi connectivity index (χ3n) is 3.79. The van der Waals surface area contributed by atoms with Crippen molar-refractivity contribution in [3.63, 3.8) is 0 Å². The predicted molar refractivity (Wildman–Crippen MR) is 91.1 cm³/mol. The lowest BCUT2D eigenvalue weighted by atomic mass is 10.1. The van der Waals surface area contributed by atoms with Gasteiger partial charge in [-0.25, -0.2) is 13.5 Å². The maximum atomic E-state index is 13.8. The normalized spacial score (nSPS) is 10.6. The molecule has 1 N–H and O–H groups in total. The Morgan fingerprint density at radius 2 is 1.92 bits per heavy atom. The highest BCUT2D eigenvalue weighted by Crippen LogP contribution is 2.14. The molecule has 2 aromatic carbocycles. The van der Waals surface area contributed by atoms with Gasteiger partial charge in [-0.1, -0.05) is 30.3 Å². The molecule has 0 saturated carbocycles. The van der Waals surface area contributed by atoms with Gasteiger partial charge in [-0.05, 0) is 30.2 Å². The fraction of sp³-hybridized carbons (Fsp3) is 0.158. The van der Waals surface area contributed by atoms with Gasteiger partial charge in [0.1, 0.15) is 17.5 Å². The molecule has 0 saturated heterocycles. The lowest BCUT2D eigenvalue weighted by Gasteiger charge is -2.10. The number of halogens is 2. The average molecular weight is 341 g/mol. The van der Waals surface area contributed by atoms with Crippen LogP contribution in [0.15, 0.2) is 60.8 Å². The van der Waals surface area contributed by atoms with E-state index in [1.54, 1.807) is 42.6 Å². The smallest absolute Gasteiger partial charge is 0.225 e. The number of nitrogens with one attached hydrogen (secondary N) is 1. The number of amides is 1. The molecule has 0 bridgehead atoms. The first-order chi connectivity index (χ1) is 12.1. The van der Waals surface area contributed by atoms with E-state index in [0.29, 0.717) is 17.8 Å². The van der Waals surface area contributed by atoms with Crippen LogP contribution in [-0.2, 0) is 17.8 Å². The molecule has 128 valence electrons. The molecule has 0 aliphatic rings. The average Bonchev–Trinajstić information content (AvgIpc) is 3.02. The highest BCUT2D eigenvalue weighted by Gasteiger charge is 2.10. The van der Waals surface area contributed by atoms with Crippen molar-refractivity contribution in [3.05, 3.63) is 83.6 Å². The molecule has 0 spiro atoms. The number of carbonyl (C=O) groups is 1. The molecule has 0 atom stereocenters. The van der Waals surface area contributed by atoms with E-state index in [0.717, 1.165) is 5.56 Å². The number of hydrogen-bond acceptors (Lipinski definition) is 2. The standard InChI is InChI=1S/C19H17F2N3O/c20-16-6-3-4-14(12-16)8-9-19(25)23-18-10-11-22-24(18)13-15-5-1-2-7-17(15)21/h1-7,10-12H,8-9,13H2,(H,23,25). The number of aromatic nitrogens is 2. The van der Waals surface area contributed by atoms with Gasteiger partial charge < -0.3 is 5.32 Å². The third kappa shape index (κ3) is 4.50. The monoisotopic (exact) mass is 341 g/mol. The van der Waals surface area contributed by atoms with Gasteiger partial charge in [0.25, 0.3) is 0 Å². The van der Waals surface area contributed by atoms with Gasteiger partial charge in [-0.15, -0.1) is 0 Å². The highest BCUT2D eigenvalue weighted by molar-refractivity contribution is 5.89. The molecule has 0 aliphatic heterocycles. The van der Waals surface area contributed by atoms with Crippen molar-refractivity contribution in [3.8, 4) is 0 Å². The number of aryl methyl sites for hydroxylation is 1. The largest absolute Gasteiger partial charge is 0.311 e. The zero-order chi connectivity index (χ0) is 17.6. The number of nitrogens with zero attached hydrogens (tertiary/aromatic N) is 2. The number of carbonyl (C=O) groups excluding carboxylic acids is 1. The molecule has 3 rings (SSSR count). The Labute approximate surface area is 144 Å². The van der Waals surface area contributed by atoms with Gasteiger partial charge in [0.05, 0.1) is 12.7 Å². The van der Waals surface area contributed by atoms with E-state index in [2.05, 4.69) is 10.4 Å². The van der Waals surface area contributed by atoms with Crippen LogP contribution in [0.3, 0.4) is 0 Å². The molecule has 1 aromatic heterocycles. The first-order valence-electron chi connectivity index (χ1n) is 7.91. The molecule has 1 heterocycles. The summed E-state index contributed by atoms with van der Waals surface area (Å²) in [6, 6.07) is 14.3. The Morgan fingerprint density at radius 3 is 2.72 bits per heavy atom. The Hall–Kier alpha value is -3.02. The van der Waals surface area contributed by atoms with Gasteiger partial charge in [-0.3, -0.25) is 4.79 Å². The lowest BCUT2D eigenvalue weighted by Crippen LogP contribution is -2.16. The predicted octanol–water partition coefficient (Wildman–Crippen LogP) is 3.78. The molecule has 3 aromatic rings. The minimum Gasteiger partial charge on any atom is -0.311 e. The number of anilines is 1. The Kier molecular flexibility index (Phi) is 5.18. The molecular formula is C19H17F2N3O. The van der Waals surface area contributed by atoms with Crippen LogP contribution in [0.2, 0.25) is 0 Å². The summed E-state index contributed by atoms with van der Waals surface area (Å²) >= 11 is 0. The van der Waals surface area contributed by atoms with Crippen molar-refractivity contribution in [1.82, 2.24) is 9.78 Å². The summed E-state index contributed by atoms with van der Waals surface area (Å²) < 4.78 is 28.4. The summed E-state index contributed by atoms with van der Waals surface area (Å²) in [6.07, 6.45) is 2.20. The van der Waals surface area contributed by atoms with Crippen LogP contribution in [0, 0.1) is 11.6 Å². The second-order valence-electron chi connectivity index (χ2n) is 5.64. The van der Waals surface area contributed by atoms with E-state index < -0.39 is 0 Å². The summed E-state index contributed by atoms with van der Waals surface area (Å²) in [5, 5.41) is 6.88. The van der Waals surface area contributed by atoms with Crippen molar-refractivity contribution in [2.24, 2.45) is 0 Å². The Bertz CT molecular complexity index is 876. The molecule has 0 radical (unpaired) electrons. The summed E-state index contributed by atoms with van der Waals surface area (Å²) in [6.45, 7) is 0.221. The quantitative estimate of drug-likeness (QED) is 0.742. The van der Waals surface area contributed by atoms with Crippen LogP contribution in [-0.4, -0.2) is 15.7 Å². The number of hydrogen-bond donors (Lipinski definition) is 1. The van der Waals surface area contributed by atoms with Crippen LogP contribution in [0.4, 0.5) is 14.6 Å². The second-order valence-corrected chi connectivity index (χ2v) is 5.64. The molecule has 25 heavy (non-hydrogen) atoms. The first-order valence-corrected chi connectivity index (χ1v) is 7.91. The van der Waals surface area contributed by atoms with Gasteiger partial charge in [0, 0.05) is 18.1 Å². The fourth-order valence-corrected chi connectivity index (χ4v) is 2.51. The fourth-order valence-electron chi connectivity index (χ4n) is 2.51. The molecule has 1 amide bonds. The maximum Gasteiger partial charge on any atom is 0.225 e. The van der Waals surface area contributed by atoms with Crippen molar-refractivity contribution >= 4 is 11.7 Å². The molecule has 0 fully saturated rings. The van der Waals surface area contributed by atoms with E-state index in [-0.39, 0.29) is 30.5 Å². The Morgan fingerprint density at radius 1 is 1.08 bits per heavy atom. The van der Waals surface area contributed by atoms with Gasteiger partial charge in [0.2, 0.25) is 5.91 Å². The van der Waals surface area contributed by atoms with Crippen LogP contribution >= 0.6 is 0 Å². The van der Waals surface area contributed by atoms with Crippen LogP contribution in [0.1, 0.15) is 17.5 Å². The molecule has 4 nitrogen and oxygen atoms in total. The van der Waals surface area contributed by atoms with E-state index in [9.17, 15) is 13.6 Å². The Balaban J connectivity index is 1.61. The van der Waals surface area contributed by atoms with E-state index >= 15 is 0 Å². The van der Waals surface area contributed by atoms with Crippen molar-refractivity contribution < 1.29 is 13.6 Å². The summed E-state index contributed by atoms with van der Waals surface area (Å²) in [5.74, 6) is -0.353. The maximum absolute atomic E-state index is 13.8. The topological polar surface area (TPSA) is 46.9 Å². The number of rotatable bonds is 6. The minimum atomic E-state index is -0.319. The zero-order valence-corrected chi connectivity index (χ0v) is 13.5. The van der Waals surface area contributed by atoms with Crippen LogP contribution in [0.5, 0.6) is 0 Å². The van der Waals surface area contributed by atoms with Crippen molar-refractivity contribution in [1.29, 1.82) is 0 Å². The summed E-state index contributed by atoms with van der Waals surface area (Å²) in [7, 11) is 0. The van der Waals surface area contributed by atoms with Gasteiger partial charge in [-0.2, -0.15) is 5.10 Å². The van der Waals surface area contributed by atoms with E-state index in [1.807, 2.05) is 0 Å². The molecule has 0 aliphatic carbocycles. The molecule has 0 unspecified atom stereocenters. The van der Waals surface area contributed by atoms with Crippen molar-refractivity contribution in [2.45, 2.75) is 19.4 Å².